The van der Waals surface area contributed by atoms with Crippen LogP contribution in [0, 0.1) is 17.6 Å². The van der Waals surface area contributed by atoms with Crippen LogP contribution in [0.25, 0.3) is 0 Å². The van der Waals surface area contributed by atoms with E-state index < -0.39 is 17.6 Å². The van der Waals surface area contributed by atoms with Gasteiger partial charge < -0.3 is 10.1 Å². The van der Waals surface area contributed by atoms with Gasteiger partial charge in [-0.2, -0.15) is 0 Å². The Morgan fingerprint density at radius 3 is 2.76 bits per heavy atom. The van der Waals surface area contributed by atoms with Gasteiger partial charge in [-0.25, -0.2) is 13.6 Å². The molecular weight excluding hydrogens is 276 g/mol. The number of anilines is 1. The minimum absolute atomic E-state index is 0.161. The first-order chi connectivity index (χ1) is 10.0. The fourth-order valence-electron chi connectivity index (χ4n) is 2.94. The number of nitrogens with one attached hydrogen (secondary N) is 1. The molecule has 0 heterocycles. The average Bonchev–Trinajstić information content (AvgIpc) is 2.49. The van der Waals surface area contributed by atoms with E-state index in [9.17, 15) is 13.6 Å². The summed E-state index contributed by atoms with van der Waals surface area (Å²) in [7, 11) is 1.17. The summed E-state index contributed by atoms with van der Waals surface area (Å²) in [6.45, 7) is 2.15. The number of methoxy groups -OCH3 is 1. The molecule has 0 radical (unpaired) electrons. The van der Waals surface area contributed by atoms with Gasteiger partial charge in [0.25, 0.3) is 0 Å². The van der Waals surface area contributed by atoms with Gasteiger partial charge in [0.05, 0.1) is 18.4 Å². The number of benzene rings is 1. The van der Waals surface area contributed by atoms with Gasteiger partial charge in [-0.3, -0.25) is 0 Å². The summed E-state index contributed by atoms with van der Waals surface area (Å²) in [6, 6.07) is 2.09. The number of ether oxygens (including phenoxy) is 1. The van der Waals surface area contributed by atoms with Crippen molar-refractivity contribution in [1.82, 2.24) is 0 Å². The molecule has 1 saturated carbocycles. The number of esters is 1. The lowest BCUT2D eigenvalue weighted by atomic mass is 9.84. The van der Waals surface area contributed by atoms with Crippen LogP contribution in [0.1, 0.15) is 49.4 Å². The number of carbonyl (C=O) groups is 1. The molecule has 1 aromatic rings. The maximum absolute atomic E-state index is 13.9. The molecule has 1 aromatic carbocycles. The number of halogens is 2. The molecule has 1 aliphatic rings. The molecule has 0 saturated heterocycles. The summed E-state index contributed by atoms with van der Waals surface area (Å²) in [5.74, 6) is -1.75. The predicted molar refractivity (Wildman–Crippen MR) is 77.4 cm³/mol. The summed E-state index contributed by atoms with van der Waals surface area (Å²) in [5.41, 5.74) is -0.0807. The first-order valence-corrected chi connectivity index (χ1v) is 7.39. The fraction of sp³-hybridized carbons (Fsp3) is 0.562. The van der Waals surface area contributed by atoms with E-state index in [1.54, 1.807) is 0 Å². The highest BCUT2D eigenvalue weighted by atomic mass is 19.1. The van der Waals surface area contributed by atoms with Crippen LogP contribution < -0.4 is 5.32 Å². The normalized spacial score (nSPS) is 21.9. The van der Waals surface area contributed by atoms with Crippen LogP contribution in [-0.2, 0) is 4.74 Å². The molecule has 0 spiro atoms. The highest BCUT2D eigenvalue weighted by molar-refractivity contribution is 5.90. The first kappa shape index (κ1) is 15.7. The highest BCUT2D eigenvalue weighted by Gasteiger charge is 2.23. The zero-order valence-corrected chi connectivity index (χ0v) is 12.4. The molecule has 0 bridgehead atoms. The van der Waals surface area contributed by atoms with Crippen LogP contribution in [0.5, 0.6) is 0 Å². The van der Waals surface area contributed by atoms with Crippen LogP contribution in [0.2, 0.25) is 0 Å². The van der Waals surface area contributed by atoms with Crippen molar-refractivity contribution < 1.29 is 18.3 Å². The average molecular weight is 297 g/mol. The zero-order chi connectivity index (χ0) is 15.4. The lowest BCUT2D eigenvalue weighted by Crippen LogP contribution is -2.27. The Balaban J connectivity index is 2.17. The quantitative estimate of drug-likeness (QED) is 0.849. The van der Waals surface area contributed by atoms with Crippen molar-refractivity contribution in [2.24, 2.45) is 5.92 Å². The Morgan fingerprint density at radius 1 is 1.33 bits per heavy atom. The van der Waals surface area contributed by atoms with Crippen LogP contribution in [0.3, 0.4) is 0 Å². The van der Waals surface area contributed by atoms with Gasteiger partial charge >= 0.3 is 5.97 Å². The summed E-state index contributed by atoms with van der Waals surface area (Å²) in [5, 5.41) is 3.11. The Kier molecular flexibility index (Phi) is 5.15. The van der Waals surface area contributed by atoms with E-state index in [1.165, 1.54) is 19.6 Å². The molecule has 0 aromatic heterocycles. The maximum atomic E-state index is 13.9. The van der Waals surface area contributed by atoms with E-state index in [0.29, 0.717) is 5.92 Å². The van der Waals surface area contributed by atoms with E-state index >= 15 is 0 Å². The molecule has 2 unspecified atom stereocenters. The summed E-state index contributed by atoms with van der Waals surface area (Å²) < 4.78 is 32.0. The highest BCUT2D eigenvalue weighted by Crippen LogP contribution is 2.30. The van der Waals surface area contributed by atoms with Gasteiger partial charge in [0.1, 0.15) is 11.6 Å². The third-order valence-electron chi connectivity index (χ3n) is 4.18. The molecule has 1 fully saturated rings. The molecule has 116 valence electrons. The molecular formula is C16H21F2NO2. The number of carbonyl (C=O) groups excluding carboxylic acids is 1. The molecule has 2 rings (SSSR count). The van der Waals surface area contributed by atoms with Gasteiger partial charge in [0, 0.05) is 12.1 Å². The van der Waals surface area contributed by atoms with E-state index in [0.717, 1.165) is 31.7 Å². The van der Waals surface area contributed by atoms with E-state index in [1.807, 2.05) is 0 Å². The third-order valence-corrected chi connectivity index (χ3v) is 4.18. The Hall–Kier alpha value is -1.65. The number of rotatable bonds is 4. The Bertz CT molecular complexity index is 519. The smallest absolute Gasteiger partial charge is 0.340 e. The first-order valence-electron chi connectivity index (χ1n) is 7.39. The van der Waals surface area contributed by atoms with Gasteiger partial charge in [0.2, 0.25) is 0 Å². The van der Waals surface area contributed by atoms with Crippen LogP contribution in [0.15, 0.2) is 12.1 Å². The van der Waals surface area contributed by atoms with Gasteiger partial charge in [-0.1, -0.05) is 26.2 Å². The molecule has 1 aliphatic carbocycles. The number of hydrogen-bond donors (Lipinski definition) is 1. The van der Waals surface area contributed by atoms with Gasteiger partial charge in [0.15, 0.2) is 0 Å². The zero-order valence-electron chi connectivity index (χ0n) is 12.4. The summed E-state index contributed by atoms with van der Waals surface area (Å²) in [6.07, 6.45) is 5.34. The van der Waals surface area contributed by atoms with E-state index in [2.05, 4.69) is 17.0 Å². The Morgan fingerprint density at radius 2 is 2.10 bits per heavy atom. The molecule has 0 amide bonds. The maximum Gasteiger partial charge on any atom is 0.340 e. The van der Waals surface area contributed by atoms with Crippen LogP contribution in [0.4, 0.5) is 14.5 Å². The van der Waals surface area contributed by atoms with Crippen LogP contribution in [-0.4, -0.2) is 19.1 Å². The van der Waals surface area contributed by atoms with Gasteiger partial charge in [-0.05, 0) is 24.8 Å². The monoisotopic (exact) mass is 297 g/mol. The lowest BCUT2D eigenvalue weighted by Gasteiger charge is -2.30. The number of hydrogen-bond acceptors (Lipinski definition) is 3. The van der Waals surface area contributed by atoms with Crippen molar-refractivity contribution >= 4 is 11.7 Å². The SMILES string of the molecule is CCC1CCCC(Nc2cc(C(=O)OC)c(F)cc2F)C1. The molecule has 5 heteroatoms. The van der Waals surface area contributed by atoms with E-state index in [-0.39, 0.29) is 17.3 Å². The van der Waals surface area contributed by atoms with E-state index in [4.69, 9.17) is 0 Å². The molecule has 2 atom stereocenters. The van der Waals surface area contributed by atoms with Crippen molar-refractivity contribution in [2.75, 3.05) is 12.4 Å². The van der Waals surface area contributed by atoms with Gasteiger partial charge in [-0.15, -0.1) is 0 Å². The minimum Gasteiger partial charge on any atom is -0.465 e. The van der Waals surface area contributed by atoms with Crippen molar-refractivity contribution in [2.45, 2.75) is 45.1 Å². The topological polar surface area (TPSA) is 38.3 Å². The fourth-order valence-corrected chi connectivity index (χ4v) is 2.94. The molecule has 1 N–H and O–H groups in total. The second kappa shape index (κ2) is 6.87. The van der Waals surface area contributed by atoms with Crippen molar-refractivity contribution in [3.8, 4) is 0 Å². The lowest BCUT2D eigenvalue weighted by molar-refractivity contribution is 0.0595. The standard InChI is InChI=1S/C16H21F2NO2/c1-3-10-5-4-6-11(7-10)19-15-8-12(16(20)21-2)13(17)9-14(15)18/h8-11,19H,3-7H2,1-2H3. The second-order valence-electron chi connectivity index (χ2n) is 5.59. The molecule has 3 nitrogen and oxygen atoms in total. The van der Waals surface area contributed by atoms with Crippen molar-refractivity contribution in [3.63, 3.8) is 0 Å². The third kappa shape index (κ3) is 3.71. The largest absolute Gasteiger partial charge is 0.465 e. The van der Waals surface area contributed by atoms with Crippen molar-refractivity contribution in [1.29, 1.82) is 0 Å². The summed E-state index contributed by atoms with van der Waals surface area (Å²) in [4.78, 5) is 11.5. The Labute approximate surface area is 123 Å². The minimum atomic E-state index is -0.903. The predicted octanol–water partition coefficient (Wildman–Crippen LogP) is 4.13. The molecule has 21 heavy (non-hydrogen) atoms. The van der Waals surface area contributed by atoms with Crippen LogP contribution >= 0.6 is 0 Å². The second-order valence-corrected chi connectivity index (χ2v) is 5.59. The summed E-state index contributed by atoms with van der Waals surface area (Å²) >= 11 is 0. The van der Waals surface area contributed by atoms with Crippen molar-refractivity contribution in [3.05, 3.63) is 29.3 Å². The molecule has 0 aliphatic heterocycles.